The number of nitrogens with two attached hydrogens (primary N) is 1. The number of imidazole rings is 1. The molecule has 0 spiro atoms. The molecular formula is C14H26N4. The molecule has 2 atom stereocenters. The van der Waals surface area contributed by atoms with Gasteiger partial charge in [-0.05, 0) is 38.8 Å². The van der Waals surface area contributed by atoms with Crippen LogP contribution in [0.2, 0.25) is 0 Å². The van der Waals surface area contributed by atoms with Crippen LogP contribution >= 0.6 is 0 Å². The van der Waals surface area contributed by atoms with Gasteiger partial charge in [0.1, 0.15) is 0 Å². The predicted molar refractivity (Wildman–Crippen MR) is 74.2 cm³/mol. The highest BCUT2D eigenvalue weighted by Crippen LogP contribution is 2.30. The topological polar surface area (TPSA) is 47.1 Å². The molecule has 1 saturated carbocycles. The van der Waals surface area contributed by atoms with E-state index in [0.29, 0.717) is 12.0 Å². The summed E-state index contributed by atoms with van der Waals surface area (Å²) in [4.78, 5) is 6.83. The van der Waals surface area contributed by atoms with Gasteiger partial charge in [0, 0.05) is 25.3 Å². The Morgan fingerprint density at radius 3 is 2.94 bits per heavy atom. The largest absolute Gasteiger partial charge is 0.334 e. The maximum atomic E-state index is 5.90. The Labute approximate surface area is 110 Å². The maximum absolute atomic E-state index is 5.90. The lowest BCUT2D eigenvalue weighted by molar-refractivity contribution is 0.158. The van der Waals surface area contributed by atoms with Crippen LogP contribution in [-0.4, -0.2) is 33.6 Å². The molecule has 0 amide bonds. The number of aryl methyl sites for hydroxylation is 1. The molecule has 2 unspecified atom stereocenters. The minimum Gasteiger partial charge on any atom is -0.334 e. The molecule has 102 valence electrons. The number of nitrogens with zero attached hydrogens (tertiary/aromatic N) is 3. The first-order chi connectivity index (χ1) is 8.80. The van der Waals surface area contributed by atoms with E-state index in [1.54, 1.807) is 0 Å². The second-order valence-corrected chi connectivity index (χ2v) is 5.23. The molecule has 18 heavy (non-hydrogen) atoms. The molecule has 0 saturated heterocycles. The van der Waals surface area contributed by atoms with Crippen molar-refractivity contribution in [2.75, 3.05) is 13.1 Å². The molecule has 0 bridgehead atoms. The van der Waals surface area contributed by atoms with Crippen LogP contribution in [0.4, 0.5) is 0 Å². The van der Waals surface area contributed by atoms with Gasteiger partial charge in [0.05, 0.1) is 12.0 Å². The first-order valence-electron chi connectivity index (χ1n) is 7.23. The fourth-order valence-electron chi connectivity index (χ4n) is 3.21. The normalized spacial score (nSPS) is 24.0. The van der Waals surface area contributed by atoms with Crippen LogP contribution in [0.1, 0.15) is 38.8 Å². The van der Waals surface area contributed by atoms with Crippen molar-refractivity contribution < 1.29 is 0 Å². The molecule has 1 aromatic heterocycles. The standard InChI is InChI=1S/C14H26N4/c1-3-17(14-7-5-6-12(14)8-15)10-13-9-16-11-18(13)4-2/h9,11-12,14H,3-8,10,15H2,1-2H3. The molecule has 1 aliphatic rings. The Hall–Kier alpha value is -0.870. The molecule has 0 radical (unpaired) electrons. The van der Waals surface area contributed by atoms with E-state index in [9.17, 15) is 0 Å². The number of aromatic nitrogens is 2. The average Bonchev–Trinajstić information content (AvgIpc) is 3.03. The average molecular weight is 250 g/mol. The molecule has 2 rings (SSSR count). The Morgan fingerprint density at radius 2 is 2.28 bits per heavy atom. The Kier molecular flexibility index (Phi) is 4.78. The van der Waals surface area contributed by atoms with Crippen LogP contribution in [0.15, 0.2) is 12.5 Å². The van der Waals surface area contributed by atoms with Crippen LogP contribution < -0.4 is 5.73 Å². The van der Waals surface area contributed by atoms with Gasteiger partial charge in [-0.2, -0.15) is 0 Å². The maximum Gasteiger partial charge on any atom is 0.0948 e. The van der Waals surface area contributed by atoms with Crippen molar-refractivity contribution >= 4 is 0 Å². The lowest BCUT2D eigenvalue weighted by Gasteiger charge is -2.31. The molecule has 4 heteroatoms. The summed E-state index contributed by atoms with van der Waals surface area (Å²) in [6, 6.07) is 0.667. The van der Waals surface area contributed by atoms with E-state index in [2.05, 4.69) is 28.3 Å². The van der Waals surface area contributed by atoms with Crippen molar-refractivity contribution in [1.29, 1.82) is 0 Å². The first-order valence-corrected chi connectivity index (χ1v) is 7.23. The fourth-order valence-corrected chi connectivity index (χ4v) is 3.21. The third-order valence-corrected chi connectivity index (χ3v) is 4.30. The molecule has 2 N–H and O–H groups in total. The zero-order valence-corrected chi connectivity index (χ0v) is 11.7. The zero-order chi connectivity index (χ0) is 13.0. The van der Waals surface area contributed by atoms with Gasteiger partial charge in [-0.3, -0.25) is 4.90 Å². The molecule has 0 aliphatic heterocycles. The molecule has 1 aromatic rings. The van der Waals surface area contributed by atoms with Crippen LogP contribution in [0.25, 0.3) is 0 Å². The van der Waals surface area contributed by atoms with E-state index in [-0.39, 0.29) is 0 Å². The van der Waals surface area contributed by atoms with E-state index in [1.165, 1.54) is 25.0 Å². The number of hydrogen-bond acceptors (Lipinski definition) is 3. The smallest absolute Gasteiger partial charge is 0.0948 e. The van der Waals surface area contributed by atoms with Gasteiger partial charge in [0.15, 0.2) is 0 Å². The van der Waals surface area contributed by atoms with Gasteiger partial charge in [-0.1, -0.05) is 13.3 Å². The molecule has 1 aliphatic carbocycles. The van der Waals surface area contributed by atoms with Gasteiger partial charge in [0.25, 0.3) is 0 Å². The third-order valence-electron chi connectivity index (χ3n) is 4.30. The monoisotopic (exact) mass is 250 g/mol. The Morgan fingerprint density at radius 1 is 1.44 bits per heavy atom. The first kappa shape index (κ1) is 13.6. The van der Waals surface area contributed by atoms with E-state index in [0.717, 1.165) is 26.2 Å². The van der Waals surface area contributed by atoms with Gasteiger partial charge in [0.2, 0.25) is 0 Å². The zero-order valence-electron chi connectivity index (χ0n) is 11.7. The molecule has 1 heterocycles. The summed E-state index contributed by atoms with van der Waals surface area (Å²) in [5.74, 6) is 0.683. The molecule has 4 nitrogen and oxygen atoms in total. The molecule has 1 fully saturated rings. The highest BCUT2D eigenvalue weighted by atomic mass is 15.2. The Bertz CT molecular complexity index is 360. The summed E-state index contributed by atoms with van der Waals surface area (Å²) < 4.78 is 2.23. The van der Waals surface area contributed by atoms with Crippen LogP contribution in [-0.2, 0) is 13.1 Å². The molecule has 0 aromatic carbocycles. The minimum atomic E-state index is 0.667. The van der Waals surface area contributed by atoms with Gasteiger partial charge in [-0.15, -0.1) is 0 Å². The Balaban J connectivity index is 2.05. The fraction of sp³-hybridized carbons (Fsp3) is 0.786. The van der Waals surface area contributed by atoms with Gasteiger partial charge in [-0.25, -0.2) is 4.98 Å². The lowest BCUT2D eigenvalue weighted by Crippen LogP contribution is -2.40. The van der Waals surface area contributed by atoms with E-state index in [1.807, 2.05) is 12.5 Å². The summed E-state index contributed by atoms with van der Waals surface area (Å²) in [5, 5.41) is 0. The number of rotatable bonds is 6. The SMILES string of the molecule is CCN(Cc1cncn1CC)C1CCCC1CN. The summed E-state index contributed by atoms with van der Waals surface area (Å²) in [6.45, 7) is 8.34. The second kappa shape index (κ2) is 6.34. The van der Waals surface area contributed by atoms with Crippen LogP contribution in [0, 0.1) is 5.92 Å². The van der Waals surface area contributed by atoms with Crippen molar-refractivity contribution in [3.8, 4) is 0 Å². The number of hydrogen-bond donors (Lipinski definition) is 1. The summed E-state index contributed by atoms with van der Waals surface area (Å²) in [5.41, 5.74) is 7.22. The highest BCUT2D eigenvalue weighted by Gasteiger charge is 2.30. The lowest BCUT2D eigenvalue weighted by atomic mass is 10.0. The minimum absolute atomic E-state index is 0.667. The highest BCUT2D eigenvalue weighted by molar-refractivity contribution is 4.99. The van der Waals surface area contributed by atoms with E-state index in [4.69, 9.17) is 5.73 Å². The van der Waals surface area contributed by atoms with E-state index >= 15 is 0 Å². The summed E-state index contributed by atoms with van der Waals surface area (Å²) in [7, 11) is 0. The second-order valence-electron chi connectivity index (χ2n) is 5.23. The van der Waals surface area contributed by atoms with Gasteiger partial charge < -0.3 is 10.3 Å². The van der Waals surface area contributed by atoms with Crippen LogP contribution in [0.3, 0.4) is 0 Å². The van der Waals surface area contributed by atoms with Crippen LogP contribution in [0.5, 0.6) is 0 Å². The van der Waals surface area contributed by atoms with Crippen molar-refractivity contribution in [3.63, 3.8) is 0 Å². The summed E-state index contributed by atoms with van der Waals surface area (Å²) in [6.07, 6.45) is 7.85. The third kappa shape index (κ3) is 2.75. The van der Waals surface area contributed by atoms with Crippen molar-refractivity contribution in [2.24, 2.45) is 11.7 Å². The van der Waals surface area contributed by atoms with E-state index < -0.39 is 0 Å². The quantitative estimate of drug-likeness (QED) is 0.838. The van der Waals surface area contributed by atoms with Crippen molar-refractivity contribution in [1.82, 2.24) is 14.5 Å². The van der Waals surface area contributed by atoms with Crippen molar-refractivity contribution in [2.45, 2.75) is 52.2 Å². The van der Waals surface area contributed by atoms with Crippen molar-refractivity contribution in [3.05, 3.63) is 18.2 Å². The predicted octanol–water partition coefficient (Wildman–Crippen LogP) is 1.85. The van der Waals surface area contributed by atoms with Gasteiger partial charge >= 0.3 is 0 Å². The summed E-state index contributed by atoms with van der Waals surface area (Å²) >= 11 is 0. The molecular weight excluding hydrogens is 224 g/mol.